The van der Waals surface area contributed by atoms with E-state index in [-0.39, 0.29) is 0 Å². The summed E-state index contributed by atoms with van der Waals surface area (Å²) in [5.41, 5.74) is 1.03. The summed E-state index contributed by atoms with van der Waals surface area (Å²) in [4.78, 5) is 0. The maximum absolute atomic E-state index is 2.47. The molecule has 0 saturated heterocycles. The van der Waals surface area contributed by atoms with Crippen LogP contribution < -0.4 is 0 Å². The first kappa shape index (κ1) is 13.4. The van der Waals surface area contributed by atoms with Gasteiger partial charge in [0.1, 0.15) is 0 Å². The lowest BCUT2D eigenvalue weighted by Crippen LogP contribution is -2.30. The molecule has 0 N–H and O–H groups in total. The summed E-state index contributed by atoms with van der Waals surface area (Å²) in [5.74, 6) is 4.01. The van der Waals surface area contributed by atoms with Crippen molar-refractivity contribution in [3.05, 3.63) is 0 Å². The van der Waals surface area contributed by atoms with Crippen LogP contribution in [0.1, 0.15) is 73.6 Å². The molecule has 2 aliphatic carbocycles. The molecule has 0 radical (unpaired) electrons. The monoisotopic (exact) mass is 236 g/mol. The van der Waals surface area contributed by atoms with Gasteiger partial charge in [0.15, 0.2) is 0 Å². The second kappa shape index (κ2) is 4.28. The average molecular weight is 236 g/mol. The van der Waals surface area contributed by atoms with Gasteiger partial charge in [0, 0.05) is 0 Å². The van der Waals surface area contributed by atoms with Crippen LogP contribution in [0.2, 0.25) is 0 Å². The molecule has 2 saturated carbocycles. The maximum atomic E-state index is 2.47. The highest BCUT2D eigenvalue weighted by atomic mass is 14.6. The van der Waals surface area contributed by atoms with E-state index in [0.29, 0.717) is 10.8 Å². The lowest BCUT2D eigenvalue weighted by Gasteiger charge is -2.38. The predicted octanol–water partition coefficient (Wildman–Crippen LogP) is 5.52. The molecular weight excluding hydrogens is 204 g/mol. The molecule has 100 valence electrons. The molecule has 0 bridgehead atoms. The summed E-state index contributed by atoms with van der Waals surface area (Å²) >= 11 is 0. The standard InChI is InChI=1S/C17H32/c1-16(2,3)14-11-15(17(4,5)6)13-10-8-7-9-12(13)14/h12-15H,7-11H2,1-6H3. The van der Waals surface area contributed by atoms with Crippen LogP contribution in [0.5, 0.6) is 0 Å². The molecule has 0 heteroatoms. The summed E-state index contributed by atoms with van der Waals surface area (Å²) in [7, 11) is 0. The van der Waals surface area contributed by atoms with Gasteiger partial charge in [-0.05, 0) is 53.8 Å². The van der Waals surface area contributed by atoms with Gasteiger partial charge in [-0.15, -0.1) is 0 Å². The lowest BCUT2D eigenvalue weighted by atomic mass is 9.67. The third-order valence-electron chi connectivity index (χ3n) is 5.64. The molecule has 2 rings (SSSR count). The van der Waals surface area contributed by atoms with Gasteiger partial charge in [0.2, 0.25) is 0 Å². The Balaban J connectivity index is 2.23. The van der Waals surface area contributed by atoms with E-state index >= 15 is 0 Å². The summed E-state index contributed by atoms with van der Waals surface area (Å²) in [6, 6.07) is 0. The van der Waals surface area contributed by atoms with E-state index in [4.69, 9.17) is 0 Å². The first-order valence-electron chi connectivity index (χ1n) is 7.71. The van der Waals surface area contributed by atoms with Crippen LogP contribution >= 0.6 is 0 Å². The SMILES string of the molecule is CC(C)(C)C1CC(C(C)(C)C)C2CCCCC21. The average Bonchev–Trinajstić information content (AvgIpc) is 2.55. The number of rotatable bonds is 0. The molecule has 2 aliphatic rings. The zero-order chi connectivity index (χ0) is 12.8. The van der Waals surface area contributed by atoms with Crippen LogP contribution in [0.4, 0.5) is 0 Å². The van der Waals surface area contributed by atoms with Crippen molar-refractivity contribution in [2.24, 2.45) is 34.5 Å². The van der Waals surface area contributed by atoms with Gasteiger partial charge in [0.05, 0.1) is 0 Å². The van der Waals surface area contributed by atoms with E-state index < -0.39 is 0 Å². The third-order valence-corrected chi connectivity index (χ3v) is 5.64. The largest absolute Gasteiger partial charge is 0.0599 e. The molecule has 0 aliphatic heterocycles. The predicted molar refractivity (Wildman–Crippen MR) is 76.0 cm³/mol. The Bertz CT molecular complexity index is 235. The first-order chi connectivity index (χ1) is 7.71. The van der Waals surface area contributed by atoms with Crippen LogP contribution in [0.3, 0.4) is 0 Å². The molecule has 4 unspecified atom stereocenters. The van der Waals surface area contributed by atoms with Crippen molar-refractivity contribution in [2.45, 2.75) is 73.6 Å². The fourth-order valence-electron chi connectivity index (χ4n) is 4.80. The van der Waals surface area contributed by atoms with Crippen molar-refractivity contribution < 1.29 is 0 Å². The van der Waals surface area contributed by atoms with Gasteiger partial charge in [0.25, 0.3) is 0 Å². The van der Waals surface area contributed by atoms with Gasteiger partial charge >= 0.3 is 0 Å². The lowest BCUT2D eigenvalue weighted by molar-refractivity contribution is 0.113. The van der Waals surface area contributed by atoms with Crippen LogP contribution in [-0.2, 0) is 0 Å². The van der Waals surface area contributed by atoms with Crippen molar-refractivity contribution in [3.8, 4) is 0 Å². The fraction of sp³-hybridized carbons (Fsp3) is 1.00. The van der Waals surface area contributed by atoms with Gasteiger partial charge in [-0.25, -0.2) is 0 Å². The summed E-state index contributed by atoms with van der Waals surface area (Å²) in [6.07, 6.45) is 7.50. The van der Waals surface area contributed by atoms with Crippen molar-refractivity contribution in [3.63, 3.8) is 0 Å². The van der Waals surface area contributed by atoms with Gasteiger partial charge in [-0.3, -0.25) is 0 Å². The second-order valence-electron chi connectivity index (χ2n) is 8.79. The minimum absolute atomic E-state index is 0.514. The Kier molecular flexibility index (Phi) is 3.38. The summed E-state index contributed by atoms with van der Waals surface area (Å²) in [5, 5.41) is 0. The first-order valence-corrected chi connectivity index (χ1v) is 7.71. The Morgan fingerprint density at radius 1 is 0.647 bits per heavy atom. The van der Waals surface area contributed by atoms with Crippen molar-refractivity contribution in [1.82, 2.24) is 0 Å². The maximum Gasteiger partial charge on any atom is -0.0331 e. The quantitative estimate of drug-likeness (QED) is 0.519. The van der Waals surface area contributed by atoms with Crippen LogP contribution in [0.15, 0.2) is 0 Å². The molecule has 0 heterocycles. The smallest absolute Gasteiger partial charge is 0.0331 e. The molecule has 0 amide bonds. The Hall–Kier alpha value is 0. The normalized spacial score (nSPS) is 39.2. The third kappa shape index (κ3) is 2.56. The number of hydrogen-bond acceptors (Lipinski definition) is 0. The van der Waals surface area contributed by atoms with E-state index in [0.717, 1.165) is 23.7 Å². The number of hydrogen-bond donors (Lipinski definition) is 0. The van der Waals surface area contributed by atoms with Crippen LogP contribution in [0, 0.1) is 34.5 Å². The minimum Gasteiger partial charge on any atom is -0.0599 e. The molecule has 0 nitrogen and oxygen atoms in total. The van der Waals surface area contributed by atoms with E-state index in [1.54, 1.807) is 0 Å². The molecule has 17 heavy (non-hydrogen) atoms. The second-order valence-corrected chi connectivity index (χ2v) is 8.79. The van der Waals surface area contributed by atoms with E-state index in [9.17, 15) is 0 Å². The number of fused-ring (bicyclic) bond motifs is 1. The molecule has 4 atom stereocenters. The molecule has 0 aromatic rings. The highest BCUT2D eigenvalue weighted by molar-refractivity contribution is 5.00. The van der Waals surface area contributed by atoms with Crippen LogP contribution in [0.25, 0.3) is 0 Å². The Labute approximate surface area is 109 Å². The Morgan fingerprint density at radius 2 is 1.00 bits per heavy atom. The molecule has 0 aromatic carbocycles. The highest BCUT2D eigenvalue weighted by Gasteiger charge is 2.50. The van der Waals surface area contributed by atoms with Gasteiger partial charge in [-0.2, -0.15) is 0 Å². The summed E-state index contributed by atoms with van der Waals surface area (Å²) < 4.78 is 0. The zero-order valence-corrected chi connectivity index (χ0v) is 12.8. The highest BCUT2D eigenvalue weighted by Crippen LogP contribution is 2.58. The molecule has 0 spiro atoms. The van der Waals surface area contributed by atoms with E-state index in [1.807, 2.05) is 0 Å². The van der Waals surface area contributed by atoms with E-state index in [2.05, 4.69) is 41.5 Å². The molecule has 2 fully saturated rings. The Morgan fingerprint density at radius 3 is 1.29 bits per heavy atom. The molecular formula is C17H32. The van der Waals surface area contributed by atoms with E-state index in [1.165, 1.54) is 32.1 Å². The van der Waals surface area contributed by atoms with Crippen molar-refractivity contribution in [1.29, 1.82) is 0 Å². The van der Waals surface area contributed by atoms with Crippen molar-refractivity contribution in [2.75, 3.05) is 0 Å². The summed E-state index contributed by atoms with van der Waals surface area (Å²) in [6.45, 7) is 14.8. The van der Waals surface area contributed by atoms with Crippen molar-refractivity contribution >= 4 is 0 Å². The minimum atomic E-state index is 0.514. The fourth-order valence-corrected chi connectivity index (χ4v) is 4.80. The van der Waals surface area contributed by atoms with Gasteiger partial charge in [-0.1, -0.05) is 54.4 Å². The van der Waals surface area contributed by atoms with Gasteiger partial charge < -0.3 is 0 Å². The topological polar surface area (TPSA) is 0 Å². The van der Waals surface area contributed by atoms with Crippen LogP contribution in [-0.4, -0.2) is 0 Å². The molecule has 0 aromatic heterocycles. The zero-order valence-electron chi connectivity index (χ0n) is 12.8.